The maximum atomic E-state index is 13.7. The molecule has 0 spiro atoms. The van der Waals surface area contributed by atoms with Gasteiger partial charge in [0, 0.05) is 45.4 Å². The number of amides is 1. The number of nitrogens with one attached hydrogen (secondary N) is 1. The van der Waals surface area contributed by atoms with Gasteiger partial charge in [-0.05, 0) is 62.1 Å². The highest BCUT2D eigenvalue weighted by molar-refractivity contribution is 5.79. The molecule has 0 bridgehead atoms. The fourth-order valence-electron chi connectivity index (χ4n) is 5.50. The maximum Gasteiger partial charge on any atom is 0.451 e. The van der Waals surface area contributed by atoms with Crippen LogP contribution in [0, 0.1) is 11.8 Å². The number of piperidine rings is 2. The molecular formula is C28H35F6N5O3. The van der Waals surface area contributed by atoms with Crippen LogP contribution >= 0.6 is 0 Å². The minimum atomic E-state index is -4.74. The average Bonchev–Trinajstić information content (AvgIpc) is 2.96. The van der Waals surface area contributed by atoms with Crippen molar-refractivity contribution in [2.45, 2.75) is 50.9 Å². The number of hydrogen-bond acceptors (Lipinski definition) is 7. The lowest BCUT2D eigenvalue weighted by Crippen LogP contribution is -2.44. The van der Waals surface area contributed by atoms with Crippen molar-refractivity contribution in [3.05, 3.63) is 41.2 Å². The summed E-state index contributed by atoms with van der Waals surface area (Å²) < 4.78 is 85.3. The van der Waals surface area contributed by atoms with E-state index in [0.29, 0.717) is 50.4 Å². The number of aromatic nitrogens is 2. The Balaban J connectivity index is 1.41. The van der Waals surface area contributed by atoms with E-state index in [2.05, 4.69) is 15.3 Å². The van der Waals surface area contributed by atoms with E-state index in [-0.39, 0.29) is 49.4 Å². The lowest BCUT2D eigenvalue weighted by Gasteiger charge is -2.35. The number of aliphatic hydroxyl groups excluding tert-OH is 1. The second-order valence-electron chi connectivity index (χ2n) is 10.7. The molecule has 2 saturated heterocycles. The monoisotopic (exact) mass is 603 g/mol. The minimum Gasteiger partial charge on any atom is -0.496 e. The van der Waals surface area contributed by atoms with Gasteiger partial charge in [-0.3, -0.25) is 4.79 Å². The van der Waals surface area contributed by atoms with Gasteiger partial charge in [-0.15, -0.1) is 0 Å². The van der Waals surface area contributed by atoms with Crippen LogP contribution in [0.5, 0.6) is 5.75 Å². The quantitative estimate of drug-likeness (QED) is 0.402. The lowest BCUT2D eigenvalue weighted by molar-refractivity contribution is -0.145. The molecule has 0 radical (unpaired) electrons. The molecule has 0 unspecified atom stereocenters. The number of rotatable bonds is 9. The zero-order valence-corrected chi connectivity index (χ0v) is 23.3. The smallest absolute Gasteiger partial charge is 0.451 e. The van der Waals surface area contributed by atoms with E-state index in [0.717, 1.165) is 25.0 Å². The first kappa shape index (κ1) is 31.6. The molecule has 232 valence electrons. The van der Waals surface area contributed by atoms with Crippen molar-refractivity contribution >= 4 is 17.5 Å². The number of hydrogen-bond donors (Lipinski definition) is 2. The number of anilines is 2. The minimum absolute atomic E-state index is 0.0700. The van der Waals surface area contributed by atoms with E-state index in [1.54, 1.807) is 15.9 Å². The van der Waals surface area contributed by atoms with Gasteiger partial charge in [0.15, 0.2) is 0 Å². The molecule has 1 aromatic carbocycles. The summed E-state index contributed by atoms with van der Waals surface area (Å²) in [5, 5.41) is 12.0. The number of nitrogens with zero attached hydrogens (tertiary/aromatic N) is 4. The zero-order valence-electron chi connectivity index (χ0n) is 23.3. The molecule has 0 aliphatic carbocycles. The average molecular weight is 604 g/mol. The summed E-state index contributed by atoms with van der Waals surface area (Å²) >= 11 is 0. The van der Waals surface area contributed by atoms with E-state index in [9.17, 15) is 36.2 Å². The van der Waals surface area contributed by atoms with Crippen LogP contribution in [0.3, 0.4) is 0 Å². The Morgan fingerprint density at radius 3 is 2.31 bits per heavy atom. The Labute approximate surface area is 240 Å². The normalized spacial score (nSPS) is 18.7. The van der Waals surface area contributed by atoms with Crippen LogP contribution in [0.2, 0.25) is 0 Å². The fraction of sp³-hybridized carbons (Fsp3) is 0.607. The van der Waals surface area contributed by atoms with Crippen molar-refractivity contribution in [3.63, 3.8) is 0 Å². The largest absolute Gasteiger partial charge is 0.496 e. The Bertz CT molecular complexity index is 1220. The van der Waals surface area contributed by atoms with E-state index in [4.69, 9.17) is 4.74 Å². The summed E-state index contributed by atoms with van der Waals surface area (Å²) in [5.41, 5.74) is -0.327. The molecule has 3 heterocycles. The van der Waals surface area contributed by atoms with Crippen LogP contribution in [-0.2, 0) is 23.6 Å². The Morgan fingerprint density at radius 1 is 1.00 bits per heavy atom. The fourth-order valence-corrected chi connectivity index (χ4v) is 5.50. The lowest BCUT2D eigenvalue weighted by atomic mass is 9.94. The molecule has 0 saturated carbocycles. The molecule has 14 heteroatoms. The number of aliphatic hydroxyl groups is 1. The highest BCUT2D eigenvalue weighted by Crippen LogP contribution is 2.34. The molecule has 2 N–H and O–H groups in total. The van der Waals surface area contributed by atoms with Crippen LogP contribution in [0.25, 0.3) is 0 Å². The van der Waals surface area contributed by atoms with Crippen molar-refractivity contribution in [1.29, 1.82) is 0 Å². The van der Waals surface area contributed by atoms with E-state index in [1.807, 2.05) is 0 Å². The molecule has 42 heavy (non-hydrogen) atoms. The van der Waals surface area contributed by atoms with Crippen LogP contribution in [0.1, 0.15) is 49.1 Å². The predicted octanol–water partition coefficient (Wildman–Crippen LogP) is 4.70. The Hall–Kier alpha value is -3.29. The molecule has 4 rings (SSSR count). The van der Waals surface area contributed by atoms with Crippen molar-refractivity contribution in [2.75, 3.05) is 56.2 Å². The van der Waals surface area contributed by atoms with Crippen LogP contribution in [-0.4, -0.2) is 67.4 Å². The highest BCUT2D eigenvalue weighted by Gasteiger charge is 2.37. The Kier molecular flexibility index (Phi) is 10.1. The second kappa shape index (κ2) is 13.3. The number of methoxy groups -OCH3 is 1. The van der Waals surface area contributed by atoms with E-state index >= 15 is 0 Å². The van der Waals surface area contributed by atoms with Gasteiger partial charge in [0.1, 0.15) is 17.4 Å². The van der Waals surface area contributed by atoms with Gasteiger partial charge >= 0.3 is 12.4 Å². The van der Waals surface area contributed by atoms with Gasteiger partial charge in [0.05, 0.1) is 18.6 Å². The number of benzene rings is 1. The summed E-state index contributed by atoms with van der Waals surface area (Å²) in [6, 6.07) is 4.73. The molecule has 1 aromatic heterocycles. The third-order valence-corrected chi connectivity index (χ3v) is 7.85. The number of carbonyl (C=O) groups excluding carboxylic acids is 1. The topological polar surface area (TPSA) is 90.8 Å². The van der Waals surface area contributed by atoms with Gasteiger partial charge in [0.25, 0.3) is 0 Å². The first-order valence-corrected chi connectivity index (χ1v) is 14.0. The number of carbonyl (C=O) groups is 1. The zero-order chi connectivity index (χ0) is 30.5. The first-order valence-electron chi connectivity index (χ1n) is 14.0. The SMILES string of the molecule is COc1cc(C(F)(F)F)ccc1CCNC(=O)[C@@H]1CCCN(c2cc(N3CCC(CCO)CC3)nc(C(F)(F)F)n2)C1. The predicted molar refractivity (Wildman–Crippen MR) is 143 cm³/mol. The molecule has 1 atom stereocenters. The Morgan fingerprint density at radius 2 is 1.69 bits per heavy atom. The summed E-state index contributed by atoms with van der Waals surface area (Å²) in [6.07, 6.45) is -5.76. The first-order chi connectivity index (χ1) is 19.9. The summed E-state index contributed by atoms with van der Waals surface area (Å²) in [7, 11) is 1.27. The maximum absolute atomic E-state index is 13.7. The molecule has 2 aromatic rings. The van der Waals surface area contributed by atoms with E-state index in [1.165, 1.54) is 13.2 Å². The van der Waals surface area contributed by atoms with Crippen LogP contribution in [0.15, 0.2) is 24.3 Å². The highest BCUT2D eigenvalue weighted by atomic mass is 19.4. The molecular weight excluding hydrogens is 568 g/mol. The van der Waals surface area contributed by atoms with Crippen molar-refractivity contribution in [2.24, 2.45) is 11.8 Å². The van der Waals surface area contributed by atoms with Gasteiger partial charge < -0.3 is 25.0 Å². The molecule has 2 aliphatic heterocycles. The van der Waals surface area contributed by atoms with Crippen molar-refractivity contribution < 1.29 is 41.0 Å². The van der Waals surface area contributed by atoms with Crippen LogP contribution in [0.4, 0.5) is 38.0 Å². The molecule has 8 nitrogen and oxygen atoms in total. The van der Waals surface area contributed by atoms with Crippen molar-refractivity contribution in [3.8, 4) is 5.75 Å². The summed E-state index contributed by atoms with van der Waals surface area (Å²) in [6.45, 7) is 1.87. The van der Waals surface area contributed by atoms with Gasteiger partial charge in [-0.1, -0.05) is 6.07 Å². The molecule has 2 aliphatic rings. The van der Waals surface area contributed by atoms with Crippen molar-refractivity contribution in [1.82, 2.24) is 15.3 Å². The number of halogens is 6. The standard InChI is InChI=1S/C28H35F6N5O3/c1-42-22-15-21(27(29,30)31)5-4-19(22)6-10-35-25(41)20-3-2-11-39(17-20)24-16-23(36-26(37-24)28(32,33)34)38-12-7-18(8-13-38)9-14-40/h4-5,15-16,18,20,40H,2-3,6-14,17H2,1H3,(H,35,41)/t20-/m1/s1. The van der Waals surface area contributed by atoms with Gasteiger partial charge in [0.2, 0.25) is 11.7 Å². The summed E-state index contributed by atoms with van der Waals surface area (Å²) in [4.78, 5) is 24.1. The van der Waals surface area contributed by atoms with Gasteiger partial charge in [-0.2, -0.15) is 26.3 Å². The van der Waals surface area contributed by atoms with Gasteiger partial charge in [-0.25, -0.2) is 9.97 Å². The number of ether oxygens (including phenoxy) is 1. The second-order valence-corrected chi connectivity index (χ2v) is 10.7. The van der Waals surface area contributed by atoms with E-state index < -0.39 is 29.7 Å². The third kappa shape index (κ3) is 7.96. The molecule has 1 amide bonds. The summed E-state index contributed by atoms with van der Waals surface area (Å²) in [5.74, 6) is -1.35. The van der Waals surface area contributed by atoms with Crippen LogP contribution < -0.4 is 19.9 Å². The molecule has 2 fully saturated rings. The third-order valence-electron chi connectivity index (χ3n) is 7.85. The number of alkyl halides is 6.